The average molecular weight is 416 g/mol. The van der Waals surface area contributed by atoms with E-state index >= 15 is 0 Å². The molecule has 2 atom stereocenters. The Balaban J connectivity index is 1.42. The number of halogens is 2. The first-order valence-electron chi connectivity index (χ1n) is 9.08. The van der Waals surface area contributed by atoms with E-state index in [1.54, 1.807) is 4.90 Å². The van der Waals surface area contributed by atoms with Crippen LogP contribution in [0.3, 0.4) is 0 Å². The number of hydrogen-bond acceptors (Lipinski definition) is 5. The molecule has 2 aliphatic heterocycles. The summed E-state index contributed by atoms with van der Waals surface area (Å²) in [4.78, 5) is 30.1. The van der Waals surface area contributed by atoms with Crippen molar-refractivity contribution in [1.82, 2.24) is 20.1 Å². The van der Waals surface area contributed by atoms with Gasteiger partial charge in [-0.3, -0.25) is 4.79 Å². The Labute approximate surface area is 168 Å². The van der Waals surface area contributed by atoms with Gasteiger partial charge in [0.2, 0.25) is 5.89 Å². The monoisotopic (exact) mass is 415 g/mol. The molecule has 1 saturated heterocycles. The Morgan fingerprint density at radius 2 is 2.21 bits per heavy atom. The standard InChI is InChI=1S/C19H15ClFN5O3/c20-12-8-14(13(21)7-11(12)18-22-3-4-29-18)23-19(28)26-10-1-2-15(26)17-9(5-10)6-16(27)24-25-17/h3-4,6-8,10,15H,1-2,5H2,(H,23,28)(H,24,27)/t10-,15+/m0/s1. The largest absolute Gasteiger partial charge is 0.444 e. The molecule has 1 aromatic carbocycles. The zero-order chi connectivity index (χ0) is 20.1. The van der Waals surface area contributed by atoms with Crippen LogP contribution in [-0.4, -0.2) is 32.2 Å². The maximum Gasteiger partial charge on any atom is 0.322 e. The molecule has 2 N–H and O–H groups in total. The van der Waals surface area contributed by atoms with E-state index in [9.17, 15) is 14.0 Å². The van der Waals surface area contributed by atoms with Crippen LogP contribution in [0, 0.1) is 5.82 Å². The number of urea groups is 1. The normalized spacial score (nSPS) is 19.9. The SMILES string of the molecule is O=C(Nc1cc(Cl)c(-c2ncco2)cc1F)N1[C@H]2CC[C@@H]1c1n[nH]c(=O)cc1C2. The van der Waals surface area contributed by atoms with Crippen LogP contribution >= 0.6 is 11.6 Å². The number of amides is 2. The minimum absolute atomic E-state index is 0.0325. The summed E-state index contributed by atoms with van der Waals surface area (Å²) >= 11 is 6.24. The highest BCUT2D eigenvalue weighted by molar-refractivity contribution is 6.33. The summed E-state index contributed by atoms with van der Waals surface area (Å²) in [6.07, 6.45) is 4.86. The Morgan fingerprint density at radius 1 is 1.34 bits per heavy atom. The lowest BCUT2D eigenvalue weighted by Crippen LogP contribution is -2.45. The molecule has 29 heavy (non-hydrogen) atoms. The lowest BCUT2D eigenvalue weighted by atomic mass is 9.99. The van der Waals surface area contributed by atoms with Gasteiger partial charge in [0.25, 0.3) is 5.56 Å². The molecular weight excluding hydrogens is 401 g/mol. The predicted octanol–water partition coefficient (Wildman–Crippen LogP) is 3.51. The third-order valence-electron chi connectivity index (χ3n) is 5.39. The molecule has 148 valence electrons. The van der Waals surface area contributed by atoms with Gasteiger partial charge in [-0.2, -0.15) is 5.10 Å². The Hall–Kier alpha value is -3.20. The molecule has 5 rings (SSSR count). The second-order valence-corrected chi connectivity index (χ2v) is 7.49. The van der Waals surface area contributed by atoms with E-state index in [4.69, 9.17) is 16.0 Å². The molecule has 0 unspecified atom stereocenters. The van der Waals surface area contributed by atoms with Crippen molar-refractivity contribution >= 4 is 23.3 Å². The van der Waals surface area contributed by atoms with E-state index in [2.05, 4.69) is 20.5 Å². The Bertz CT molecular complexity index is 1160. The lowest BCUT2D eigenvalue weighted by molar-refractivity contribution is 0.177. The molecule has 0 spiro atoms. The number of nitrogens with zero attached hydrogens (tertiary/aromatic N) is 3. The number of oxazole rings is 1. The number of rotatable bonds is 2. The first-order valence-corrected chi connectivity index (χ1v) is 9.46. The van der Waals surface area contributed by atoms with Crippen LogP contribution in [0.5, 0.6) is 0 Å². The van der Waals surface area contributed by atoms with E-state index in [0.717, 1.165) is 18.4 Å². The molecule has 2 amide bonds. The number of anilines is 1. The quantitative estimate of drug-likeness (QED) is 0.666. The summed E-state index contributed by atoms with van der Waals surface area (Å²) in [6.45, 7) is 0. The highest BCUT2D eigenvalue weighted by Crippen LogP contribution is 2.42. The van der Waals surface area contributed by atoms with E-state index in [0.29, 0.717) is 17.7 Å². The van der Waals surface area contributed by atoms with Gasteiger partial charge in [-0.15, -0.1) is 0 Å². The van der Waals surface area contributed by atoms with Crippen molar-refractivity contribution in [2.45, 2.75) is 31.3 Å². The van der Waals surface area contributed by atoms with Crippen molar-refractivity contribution in [3.63, 3.8) is 0 Å². The van der Waals surface area contributed by atoms with E-state index in [1.807, 2.05) is 0 Å². The van der Waals surface area contributed by atoms with E-state index in [1.165, 1.54) is 30.7 Å². The molecule has 2 aromatic heterocycles. The molecule has 0 aliphatic carbocycles. The number of carbonyl (C=O) groups excluding carboxylic acids is 1. The van der Waals surface area contributed by atoms with Gasteiger partial charge in [0.05, 0.1) is 34.2 Å². The topological polar surface area (TPSA) is 104 Å². The third-order valence-corrected chi connectivity index (χ3v) is 5.70. The molecule has 10 heteroatoms. The predicted molar refractivity (Wildman–Crippen MR) is 102 cm³/mol. The fourth-order valence-corrected chi connectivity index (χ4v) is 4.40. The van der Waals surface area contributed by atoms with Crippen molar-refractivity contribution in [3.8, 4) is 11.5 Å². The number of fused-ring (bicyclic) bond motifs is 4. The second kappa shape index (κ2) is 6.70. The van der Waals surface area contributed by atoms with Crippen LogP contribution in [-0.2, 0) is 6.42 Å². The highest BCUT2D eigenvalue weighted by Gasteiger charge is 2.44. The fraction of sp³-hybridized carbons (Fsp3) is 0.263. The molecule has 2 bridgehead atoms. The van der Waals surface area contributed by atoms with Crippen LogP contribution in [0.2, 0.25) is 5.02 Å². The minimum atomic E-state index is -0.650. The molecule has 3 aromatic rings. The molecule has 0 radical (unpaired) electrons. The van der Waals surface area contributed by atoms with Crippen molar-refractivity contribution in [2.24, 2.45) is 0 Å². The third kappa shape index (κ3) is 2.98. The van der Waals surface area contributed by atoms with Crippen LogP contribution < -0.4 is 10.9 Å². The Kier molecular flexibility index (Phi) is 4.13. The number of aromatic amines is 1. The van der Waals surface area contributed by atoms with Gasteiger partial charge in [0, 0.05) is 12.1 Å². The Morgan fingerprint density at radius 3 is 3.00 bits per heavy atom. The smallest absolute Gasteiger partial charge is 0.322 e. The molecule has 0 saturated carbocycles. The molecule has 8 nitrogen and oxygen atoms in total. The first kappa shape index (κ1) is 17.9. The summed E-state index contributed by atoms with van der Waals surface area (Å²) < 4.78 is 19.8. The van der Waals surface area contributed by atoms with Crippen molar-refractivity contribution in [1.29, 1.82) is 0 Å². The zero-order valence-corrected chi connectivity index (χ0v) is 15.7. The summed E-state index contributed by atoms with van der Waals surface area (Å²) in [5, 5.41) is 9.39. The number of carbonyl (C=O) groups is 1. The molecule has 4 heterocycles. The summed E-state index contributed by atoms with van der Waals surface area (Å²) in [7, 11) is 0. The maximum atomic E-state index is 14.6. The summed E-state index contributed by atoms with van der Waals surface area (Å²) in [5.74, 6) is -0.458. The molecule has 2 aliphatic rings. The summed E-state index contributed by atoms with van der Waals surface area (Å²) in [6, 6.07) is 3.28. The summed E-state index contributed by atoms with van der Waals surface area (Å²) in [5.41, 5.74) is 1.55. The number of nitrogens with one attached hydrogen (secondary N) is 2. The number of benzene rings is 1. The van der Waals surface area contributed by atoms with Crippen LogP contribution in [0.4, 0.5) is 14.9 Å². The molecule has 1 fully saturated rings. The fourth-order valence-electron chi connectivity index (χ4n) is 4.16. The van der Waals surface area contributed by atoms with Crippen molar-refractivity contribution in [2.75, 3.05) is 5.32 Å². The van der Waals surface area contributed by atoms with Gasteiger partial charge in [0.15, 0.2) is 0 Å². The number of hydrogen-bond donors (Lipinski definition) is 2. The molecular formula is C19H15ClFN5O3. The van der Waals surface area contributed by atoms with E-state index in [-0.39, 0.29) is 34.2 Å². The maximum absolute atomic E-state index is 14.6. The van der Waals surface area contributed by atoms with Gasteiger partial charge >= 0.3 is 6.03 Å². The lowest BCUT2D eigenvalue weighted by Gasteiger charge is -2.35. The van der Waals surface area contributed by atoms with Crippen LogP contribution in [0.25, 0.3) is 11.5 Å². The van der Waals surface area contributed by atoms with Gasteiger partial charge in [-0.05, 0) is 37.0 Å². The van der Waals surface area contributed by atoms with Crippen LogP contribution in [0.15, 0.2) is 39.9 Å². The minimum Gasteiger partial charge on any atom is -0.444 e. The highest BCUT2D eigenvalue weighted by atomic mass is 35.5. The van der Waals surface area contributed by atoms with Gasteiger partial charge in [-0.1, -0.05) is 11.6 Å². The van der Waals surface area contributed by atoms with E-state index < -0.39 is 11.8 Å². The second-order valence-electron chi connectivity index (χ2n) is 7.08. The van der Waals surface area contributed by atoms with Crippen molar-refractivity contribution in [3.05, 3.63) is 63.1 Å². The van der Waals surface area contributed by atoms with Crippen molar-refractivity contribution < 1.29 is 13.6 Å². The average Bonchev–Trinajstić information content (AvgIpc) is 3.32. The zero-order valence-electron chi connectivity index (χ0n) is 15.0. The van der Waals surface area contributed by atoms with Gasteiger partial charge in [-0.25, -0.2) is 19.3 Å². The number of aromatic nitrogens is 3. The number of H-pyrrole nitrogens is 1. The van der Waals surface area contributed by atoms with Crippen LogP contribution in [0.1, 0.15) is 30.1 Å². The van der Waals surface area contributed by atoms with Gasteiger partial charge in [0.1, 0.15) is 12.1 Å². The van der Waals surface area contributed by atoms with Gasteiger partial charge < -0.3 is 14.6 Å². The first-order chi connectivity index (χ1) is 14.0.